The first-order valence-corrected chi connectivity index (χ1v) is 9.64. The number of rotatable bonds is 8. The van der Waals surface area contributed by atoms with Crippen LogP contribution in [0.5, 0.6) is 5.75 Å². The molecule has 1 heterocycles. The van der Waals surface area contributed by atoms with E-state index in [0.29, 0.717) is 18.8 Å². The van der Waals surface area contributed by atoms with Gasteiger partial charge in [-0.15, -0.1) is 0 Å². The fourth-order valence-corrected chi connectivity index (χ4v) is 3.44. The molecule has 2 rings (SSSR count). The Bertz CT molecular complexity index is 598. The second-order valence-corrected chi connectivity index (χ2v) is 7.25. The van der Waals surface area contributed by atoms with Gasteiger partial charge in [0, 0.05) is 13.1 Å². The summed E-state index contributed by atoms with van der Waals surface area (Å²) in [6.45, 7) is 6.96. The van der Waals surface area contributed by atoms with E-state index < -0.39 is 10.0 Å². The highest BCUT2D eigenvalue weighted by molar-refractivity contribution is 7.89. The lowest BCUT2D eigenvalue weighted by molar-refractivity contribution is 0.0374. The zero-order valence-electron chi connectivity index (χ0n) is 13.7. The Kier molecular flexibility index (Phi) is 6.83. The van der Waals surface area contributed by atoms with Crippen LogP contribution in [0.1, 0.15) is 25.3 Å². The van der Waals surface area contributed by atoms with Gasteiger partial charge in [-0.05, 0) is 49.6 Å². The topological polar surface area (TPSA) is 81.9 Å². The number of sulfonamides is 1. The summed E-state index contributed by atoms with van der Waals surface area (Å²) in [6, 6.07) is 5.01. The monoisotopic (exact) mass is 342 g/mol. The van der Waals surface area contributed by atoms with Gasteiger partial charge in [-0.2, -0.15) is 0 Å². The lowest BCUT2D eigenvalue weighted by Crippen LogP contribution is -2.37. The van der Waals surface area contributed by atoms with Crippen LogP contribution >= 0.6 is 0 Å². The predicted octanol–water partition coefficient (Wildman–Crippen LogP) is 1.39. The van der Waals surface area contributed by atoms with Crippen LogP contribution in [0.3, 0.4) is 0 Å². The van der Waals surface area contributed by atoms with Crippen molar-refractivity contribution < 1.29 is 17.9 Å². The minimum atomic E-state index is -3.72. The highest BCUT2D eigenvalue weighted by Gasteiger charge is 2.16. The first-order valence-electron chi connectivity index (χ1n) is 8.09. The molecule has 0 radical (unpaired) electrons. The van der Waals surface area contributed by atoms with E-state index in [-0.39, 0.29) is 4.90 Å². The molecule has 1 fully saturated rings. The Morgan fingerprint density at radius 2 is 2.04 bits per heavy atom. The number of aryl methyl sites for hydroxylation is 1. The van der Waals surface area contributed by atoms with E-state index in [2.05, 4.69) is 4.90 Å². The lowest BCUT2D eigenvalue weighted by atomic mass is 10.1. The molecule has 0 unspecified atom stereocenters. The summed E-state index contributed by atoms with van der Waals surface area (Å²) in [5, 5.41) is 5.33. The number of hydrogen-bond acceptors (Lipinski definition) is 5. The zero-order chi connectivity index (χ0) is 16.7. The molecule has 0 spiro atoms. The highest BCUT2D eigenvalue weighted by atomic mass is 32.2. The lowest BCUT2D eigenvalue weighted by Gasteiger charge is -2.26. The van der Waals surface area contributed by atoms with Crippen molar-refractivity contribution in [1.29, 1.82) is 0 Å². The smallest absolute Gasteiger partial charge is 0.238 e. The molecular formula is C16H26N2O4S. The van der Waals surface area contributed by atoms with E-state index in [4.69, 9.17) is 14.6 Å². The molecule has 0 atom stereocenters. The standard InChI is InChI=1S/C16H26N2O4S/c1-2-10-22-15-5-6-16(23(17,19)20)14(13-15)4-3-7-18-8-11-21-12-9-18/h5-6,13H,2-4,7-12H2,1H3,(H2,17,19,20). The number of nitrogens with zero attached hydrogens (tertiary/aromatic N) is 1. The van der Waals surface area contributed by atoms with Gasteiger partial charge < -0.3 is 9.47 Å². The molecule has 7 heteroatoms. The van der Waals surface area contributed by atoms with Crippen molar-refractivity contribution in [2.75, 3.05) is 39.5 Å². The molecule has 1 saturated heterocycles. The first kappa shape index (κ1) is 18.2. The Hall–Kier alpha value is -1.15. The van der Waals surface area contributed by atoms with Gasteiger partial charge >= 0.3 is 0 Å². The second-order valence-electron chi connectivity index (χ2n) is 5.72. The minimum absolute atomic E-state index is 0.198. The summed E-state index contributed by atoms with van der Waals surface area (Å²) in [5.74, 6) is 0.695. The molecule has 1 aromatic carbocycles. The number of morpholine rings is 1. The molecule has 2 N–H and O–H groups in total. The van der Waals surface area contributed by atoms with Gasteiger partial charge in [-0.3, -0.25) is 4.90 Å². The average Bonchev–Trinajstić information content (AvgIpc) is 2.53. The Balaban J connectivity index is 2.03. The third-order valence-electron chi connectivity index (χ3n) is 3.84. The second kappa shape index (κ2) is 8.63. The third kappa shape index (κ3) is 5.76. The molecule has 0 aromatic heterocycles. The first-order chi connectivity index (χ1) is 11.0. The molecule has 0 bridgehead atoms. The van der Waals surface area contributed by atoms with E-state index in [9.17, 15) is 8.42 Å². The van der Waals surface area contributed by atoms with Crippen molar-refractivity contribution in [2.24, 2.45) is 5.14 Å². The highest BCUT2D eigenvalue weighted by Crippen LogP contribution is 2.23. The molecule has 1 aliphatic heterocycles. The summed E-state index contributed by atoms with van der Waals surface area (Å²) in [4.78, 5) is 2.53. The normalized spacial score (nSPS) is 16.4. The summed E-state index contributed by atoms with van der Waals surface area (Å²) >= 11 is 0. The Labute approximate surface area is 138 Å². The van der Waals surface area contributed by atoms with Gasteiger partial charge in [0.15, 0.2) is 0 Å². The van der Waals surface area contributed by atoms with E-state index in [1.807, 2.05) is 6.92 Å². The van der Waals surface area contributed by atoms with Crippen LogP contribution in [0.4, 0.5) is 0 Å². The van der Waals surface area contributed by atoms with E-state index in [0.717, 1.165) is 51.3 Å². The van der Waals surface area contributed by atoms with Crippen LogP contribution in [0.25, 0.3) is 0 Å². The van der Waals surface area contributed by atoms with Gasteiger partial charge in [0.25, 0.3) is 0 Å². The van der Waals surface area contributed by atoms with Crippen LogP contribution in [0.2, 0.25) is 0 Å². The van der Waals surface area contributed by atoms with Gasteiger partial charge in [0.1, 0.15) is 5.75 Å². The molecule has 6 nitrogen and oxygen atoms in total. The van der Waals surface area contributed by atoms with Gasteiger partial charge in [-0.25, -0.2) is 13.6 Å². The van der Waals surface area contributed by atoms with Crippen molar-refractivity contribution in [3.05, 3.63) is 23.8 Å². The number of primary sulfonamides is 1. The van der Waals surface area contributed by atoms with Crippen molar-refractivity contribution in [1.82, 2.24) is 4.90 Å². The van der Waals surface area contributed by atoms with E-state index >= 15 is 0 Å². The van der Waals surface area contributed by atoms with Crippen molar-refractivity contribution in [2.45, 2.75) is 31.1 Å². The Morgan fingerprint density at radius 3 is 2.70 bits per heavy atom. The quantitative estimate of drug-likeness (QED) is 0.772. The van der Waals surface area contributed by atoms with Crippen molar-refractivity contribution in [3.8, 4) is 5.75 Å². The SMILES string of the molecule is CCCOc1ccc(S(N)(=O)=O)c(CCCN2CCOCC2)c1. The summed E-state index contributed by atoms with van der Waals surface area (Å²) in [5.41, 5.74) is 0.731. The van der Waals surface area contributed by atoms with Crippen molar-refractivity contribution >= 4 is 10.0 Å². The average molecular weight is 342 g/mol. The fourth-order valence-electron chi connectivity index (χ4n) is 2.66. The number of ether oxygens (including phenoxy) is 2. The van der Waals surface area contributed by atoms with Gasteiger partial charge in [-0.1, -0.05) is 6.92 Å². The third-order valence-corrected chi connectivity index (χ3v) is 4.85. The summed E-state index contributed by atoms with van der Waals surface area (Å²) in [7, 11) is -3.72. The minimum Gasteiger partial charge on any atom is -0.494 e. The maximum Gasteiger partial charge on any atom is 0.238 e. The summed E-state index contributed by atoms with van der Waals surface area (Å²) in [6.07, 6.45) is 2.44. The van der Waals surface area contributed by atoms with Gasteiger partial charge in [0.05, 0.1) is 24.7 Å². The van der Waals surface area contributed by atoms with E-state index in [1.54, 1.807) is 18.2 Å². The van der Waals surface area contributed by atoms with Crippen LogP contribution in [0.15, 0.2) is 23.1 Å². The largest absolute Gasteiger partial charge is 0.494 e. The molecule has 0 amide bonds. The number of benzene rings is 1. The van der Waals surface area contributed by atoms with Crippen LogP contribution in [-0.2, 0) is 21.2 Å². The fraction of sp³-hybridized carbons (Fsp3) is 0.625. The predicted molar refractivity (Wildman–Crippen MR) is 89.2 cm³/mol. The summed E-state index contributed by atoms with van der Waals surface area (Å²) < 4.78 is 34.4. The maximum absolute atomic E-state index is 11.8. The van der Waals surface area contributed by atoms with Gasteiger partial charge in [0.2, 0.25) is 10.0 Å². The van der Waals surface area contributed by atoms with Crippen molar-refractivity contribution in [3.63, 3.8) is 0 Å². The Morgan fingerprint density at radius 1 is 1.30 bits per heavy atom. The number of nitrogens with two attached hydrogens (primary N) is 1. The van der Waals surface area contributed by atoms with Crippen LogP contribution in [-0.4, -0.2) is 52.8 Å². The number of hydrogen-bond donors (Lipinski definition) is 1. The molecule has 1 aliphatic rings. The molecule has 130 valence electrons. The molecule has 23 heavy (non-hydrogen) atoms. The van der Waals surface area contributed by atoms with E-state index in [1.165, 1.54) is 0 Å². The maximum atomic E-state index is 11.8. The molecule has 1 aromatic rings. The molecule has 0 saturated carbocycles. The zero-order valence-corrected chi connectivity index (χ0v) is 14.5. The molecule has 0 aliphatic carbocycles. The molecular weight excluding hydrogens is 316 g/mol. The van der Waals surface area contributed by atoms with Crippen LogP contribution < -0.4 is 9.88 Å². The van der Waals surface area contributed by atoms with Crippen LogP contribution in [0, 0.1) is 0 Å².